The van der Waals surface area contributed by atoms with Crippen molar-refractivity contribution in [2.45, 2.75) is 38.1 Å². The van der Waals surface area contributed by atoms with Gasteiger partial charge in [-0.2, -0.15) is 0 Å². The highest BCUT2D eigenvalue weighted by atomic mass is 127. The quantitative estimate of drug-likeness (QED) is 0.528. The fraction of sp³-hybridized carbons (Fsp3) is 0.579. The first-order valence-corrected chi connectivity index (χ1v) is 8.70. The highest BCUT2D eigenvalue weighted by Gasteiger charge is 2.48. The van der Waals surface area contributed by atoms with Crippen molar-refractivity contribution in [3.8, 4) is 0 Å². The van der Waals surface area contributed by atoms with Crippen LogP contribution in [0.1, 0.15) is 36.8 Å². The van der Waals surface area contributed by atoms with Crippen LogP contribution < -0.4 is 24.0 Å². The summed E-state index contributed by atoms with van der Waals surface area (Å²) >= 11 is 0. The lowest BCUT2D eigenvalue weighted by molar-refractivity contribution is -0.943. The molecule has 0 radical (unpaired) electrons. The number of likely N-dealkylation sites (N-methyl/N-ethyl adjacent to an activating group) is 1. The molecular weight excluding hydrogens is 399 g/mol. The van der Waals surface area contributed by atoms with Crippen LogP contribution >= 0.6 is 0 Å². The lowest BCUT2D eigenvalue weighted by Gasteiger charge is -2.52. The summed E-state index contributed by atoms with van der Waals surface area (Å²) in [5.74, 6) is 1.03. The number of fused-ring (bicyclic) bond motifs is 2. The minimum atomic E-state index is 0. The SMILES string of the molecule is CCC[N+]1(C)C[C@H](CO)CC2c3cccc4[nH]cc(c34)C[C@H]21.[I-]. The summed E-state index contributed by atoms with van der Waals surface area (Å²) in [6.45, 7) is 4.96. The molecule has 2 unspecified atom stereocenters. The number of benzene rings is 1. The van der Waals surface area contributed by atoms with Crippen molar-refractivity contribution in [1.29, 1.82) is 0 Å². The highest BCUT2D eigenvalue weighted by Crippen LogP contribution is 2.46. The van der Waals surface area contributed by atoms with E-state index in [0.717, 1.165) is 17.4 Å². The van der Waals surface area contributed by atoms with Gasteiger partial charge in [-0.3, -0.25) is 0 Å². The molecule has 4 heteroatoms. The average Bonchev–Trinajstić information content (AvgIpc) is 2.93. The van der Waals surface area contributed by atoms with E-state index in [1.165, 1.54) is 41.4 Å². The molecule has 4 atom stereocenters. The number of aliphatic hydroxyl groups is 1. The van der Waals surface area contributed by atoms with Crippen LogP contribution in [0.15, 0.2) is 24.4 Å². The minimum absolute atomic E-state index is 0. The topological polar surface area (TPSA) is 36.0 Å². The number of aromatic amines is 1. The zero-order valence-electron chi connectivity index (χ0n) is 14.1. The van der Waals surface area contributed by atoms with E-state index in [0.29, 0.717) is 24.5 Å². The largest absolute Gasteiger partial charge is 1.00 e. The minimum Gasteiger partial charge on any atom is -1.00 e. The number of hydrogen-bond donors (Lipinski definition) is 2. The Morgan fingerprint density at radius 3 is 2.91 bits per heavy atom. The summed E-state index contributed by atoms with van der Waals surface area (Å²) in [5.41, 5.74) is 4.29. The molecule has 1 aliphatic carbocycles. The van der Waals surface area contributed by atoms with E-state index < -0.39 is 0 Å². The lowest BCUT2D eigenvalue weighted by atomic mass is 9.71. The summed E-state index contributed by atoms with van der Waals surface area (Å²) in [5, 5.41) is 11.3. The molecule has 0 spiro atoms. The number of likely N-dealkylation sites (tertiary alicyclic amines) is 1. The fourth-order valence-electron chi connectivity index (χ4n) is 5.33. The maximum atomic E-state index is 9.81. The molecule has 126 valence electrons. The van der Waals surface area contributed by atoms with Crippen molar-refractivity contribution in [3.05, 3.63) is 35.5 Å². The van der Waals surface area contributed by atoms with Crippen molar-refractivity contribution >= 4 is 10.9 Å². The molecular formula is C19H27IN2O. The first-order chi connectivity index (χ1) is 10.7. The van der Waals surface area contributed by atoms with Gasteiger partial charge in [0, 0.05) is 35.4 Å². The number of hydrogen-bond acceptors (Lipinski definition) is 1. The summed E-state index contributed by atoms with van der Waals surface area (Å²) < 4.78 is 1.12. The molecule has 3 nitrogen and oxygen atoms in total. The third kappa shape index (κ3) is 2.63. The van der Waals surface area contributed by atoms with Gasteiger partial charge >= 0.3 is 0 Å². The van der Waals surface area contributed by atoms with Gasteiger partial charge in [0.05, 0.1) is 32.8 Å². The standard InChI is InChI=1S/C19H27N2O.HI/c1-3-7-21(2)11-13(12-22)8-16-15-5-4-6-17-19(15)14(10-20-17)9-18(16)21;/h4-6,10,13,16,18,20,22H,3,7-9,11-12H2,1-2H3;1H/q+1;/p-1/t13-,16?,18-,21?;/m1./s1. The third-order valence-corrected chi connectivity index (χ3v) is 6.17. The molecule has 2 N–H and O–H groups in total. The molecule has 0 bridgehead atoms. The van der Waals surface area contributed by atoms with Gasteiger partial charge in [0.25, 0.3) is 0 Å². The van der Waals surface area contributed by atoms with Crippen molar-refractivity contribution in [1.82, 2.24) is 4.98 Å². The van der Waals surface area contributed by atoms with Gasteiger partial charge in [-0.1, -0.05) is 19.1 Å². The van der Waals surface area contributed by atoms with Crippen LogP contribution in [0.5, 0.6) is 0 Å². The third-order valence-electron chi connectivity index (χ3n) is 6.17. The molecule has 1 aromatic heterocycles. The molecule has 4 rings (SSSR count). The summed E-state index contributed by atoms with van der Waals surface area (Å²) in [6, 6.07) is 7.37. The van der Waals surface area contributed by atoms with Gasteiger partial charge in [0.2, 0.25) is 0 Å². The van der Waals surface area contributed by atoms with Gasteiger partial charge in [-0.15, -0.1) is 0 Å². The maximum absolute atomic E-state index is 9.81. The van der Waals surface area contributed by atoms with Crippen LogP contribution in [0.4, 0.5) is 0 Å². The van der Waals surface area contributed by atoms with Gasteiger partial charge in [-0.25, -0.2) is 0 Å². The van der Waals surface area contributed by atoms with Gasteiger partial charge in [0.1, 0.15) is 0 Å². The molecule has 23 heavy (non-hydrogen) atoms. The normalized spacial score (nSPS) is 32.4. The van der Waals surface area contributed by atoms with Crippen LogP contribution in [0.3, 0.4) is 0 Å². The number of halogens is 1. The first-order valence-electron chi connectivity index (χ1n) is 8.70. The molecule has 0 saturated carbocycles. The molecule has 1 fully saturated rings. The Bertz CT molecular complexity index is 698. The monoisotopic (exact) mass is 426 g/mol. The highest BCUT2D eigenvalue weighted by molar-refractivity contribution is 5.88. The molecule has 2 aliphatic rings. The predicted molar refractivity (Wildman–Crippen MR) is 89.9 cm³/mol. The van der Waals surface area contributed by atoms with E-state index in [9.17, 15) is 5.11 Å². The lowest BCUT2D eigenvalue weighted by Crippen LogP contribution is -3.00. The van der Waals surface area contributed by atoms with Crippen LogP contribution in [0.2, 0.25) is 0 Å². The summed E-state index contributed by atoms with van der Waals surface area (Å²) in [4.78, 5) is 3.46. The maximum Gasteiger partial charge on any atom is 0.0999 e. The van der Waals surface area contributed by atoms with E-state index in [4.69, 9.17) is 0 Å². The number of H-pyrrole nitrogens is 1. The Labute approximate surface area is 155 Å². The van der Waals surface area contributed by atoms with E-state index in [1.807, 2.05) is 0 Å². The van der Waals surface area contributed by atoms with E-state index in [2.05, 4.69) is 43.4 Å². The zero-order valence-corrected chi connectivity index (χ0v) is 16.2. The molecule has 1 aliphatic heterocycles. The Morgan fingerprint density at radius 1 is 1.35 bits per heavy atom. The van der Waals surface area contributed by atoms with Gasteiger partial charge in [-0.05, 0) is 30.0 Å². The van der Waals surface area contributed by atoms with Crippen LogP contribution in [0, 0.1) is 5.92 Å². The molecule has 2 aromatic rings. The van der Waals surface area contributed by atoms with Gasteiger partial charge < -0.3 is 38.6 Å². The molecule has 1 saturated heterocycles. The second-order valence-corrected chi connectivity index (χ2v) is 7.63. The number of aliphatic hydroxyl groups excluding tert-OH is 1. The number of nitrogens with zero attached hydrogens (tertiary/aromatic N) is 1. The Hall–Kier alpha value is -0.590. The van der Waals surface area contributed by atoms with Crippen molar-refractivity contribution in [3.63, 3.8) is 0 Å². The first kappa shape index (κ1) is 17.2. The van der Waals surface area contributed by atoms with Crippen LogP contribution in [-0.4, -0.2) is 47.4 Å². The predicted octanol–water partition coefficient (Wildman–Crippen LogP) is 0.0490. The summed E-state index contributed by atoms with van der Waals surface area (Å²) in [6.07, 6.45) is 5.75. The average molecular weight is 426 g/mol. The van der Waals surface area contributed by atoms with Crippen molar-refractivity contribution in [2.24, 2.45) is 5.92 Å². The number of aromatic nitrogens is 1. The number of nitrogens with one attached hydrogen (secondary N) is 1. The Balaban J connectivity index is 0.00000156. The fourth-order valence-corrected chi connectivity index (χ4v) is 5.33. The van der Waals surface area contributed by atoms with Gasteiger partial charge in [0.15, 0.2) is 0 Å². The van der Waals surface area contributed by atoms with Crippen molar-refractivity contribution < 1.29 is 33.6 Å². The van der Waals surface area contributed by atoms with Crippen LogP contribution in [0.25, 0.3) is 10.9 Å². The number of rotatable bonds is 3. The Kier molecular flexibility index (Phi) is 4.78. The number of piperidine rings is 1. The number of quaternary nitrogens is 1. The zero-order chi connectivity index (χ0) is 15.3. The smallest absolute Gasteiger partial charge is 0.0999 e. The summed E-state index contributed by atoms with van der Waals surface area (Å²) in [7, 11) is 2.42. The van der Waals surface area contributed by atoms with E-state index >= 15 is 0 Å². The van der Waals surface area contributed by atoms with E-state index in [-0.39, 0.29) is 24.0 Å². The Morgan fingerprint density at radius 2 is 2.17 bits per heavy atom. The van der Waals surface area contributed by atoms with E-state index in [1.54, 1.807) is 0 Å². The molecule has 1 aromatic carbocycles. The molecule has 2 heterocycles. The second kappa shape index (κ2) is 6.37. The van der Waals surface area contributed by atoms with Crippen LogP contribution in [-0.2, 0) is 6.42 Å². The second-order valence-electron chi connectivity index (χ2n) is 7.63. The van der Waals surface area contributed by atoms with Crippen molar-refractivity contribution in [2.75, 3.05) is 26.7 Å². The molecule has 0 amide bonds.